The van der Waals surface area contributed by atoms with E-state index in [-0.39, 0.29) is 17.8 Å². The molecule has 0 bridgehead atoms. The molecule has 112 valence electrons. The predicted molar refractivity (Wildman–Crippen MR) is 77.6 cm³/mol. The Morgan fingerprint density at radius 3 is 2.75 bits per heavy atom. The quantitative estimate of drug-likeness (QED) is 0.824. The number of carbonyl (C=O) groups excluding carboxylic acids is 1. The van der Waals surface area contributed by atoms with Gasteiger partial charge in [-0.2, -0.15) is 0 Å². The monoisotopic (exact) mass is 279 g/mol. The molecule has 0 aromatic carbocycles. The Balaban J connectivity index is 1.79. The third-order valence-electron chi connectivity index (χ3n) is 3.68. The van der Waals surface area contributed by atoms with E-state index in [2.05, 4.69) is 39.2 Å². The molecule has 1 saturated heterocycles. The summed E-state index contributed by atoms with van der Waals surface area (Å²) in [5.74, 6) is 0.900. The van der Waals surface area contributed by atoms with Crippen LogP contribution in [0.3, 0.4) is 0 Å². The first-order valence-electron chi connectivity index (χ1n) is 7.67. The average molecular weight is 279 g/mol. The third-order valence-corrected chi connectivity index (χ3v) is 3.68. The van der Waals surface area contributed by atoms with E-state index in [1.54, 1.807) is 0 Å². The van der Waals surface area contributed by atoms with E-state index in [4.69, 9.17) is 0 Å². The normalized spacial score (nSPS) is 17.3. The van der Waals surface area contributed by atoms with E-state index in [0.29, 0.717) is 0 Å². The number of hydrogen-bond acceptors (Lipinski definition) is 4. The molecule has 1 fully saturated rings. The summed E-state index contributed by atoms with van der Waals surface area (Å²) < 4.78 is 0. The molecule has 0 aliphatic carbocycles. The molecule has 0 atom stereocenters. The number of H-pyrrole nitrogens is 1. The molecule has 20 heavy (non-hydrogen) atoms. The molecule has 2 rings (SSSR count). The summed E-state index contributed by atoms with van der Waals surface area (Å²) in [6.07, 6.45) is 5.03. The largest absolute Gasteiger partial charge is 0.346 e. The van der Waals surface area contributed by atoms with Crippen molar-refractivity contribution >= 4 is 5.91 Å². The highest BCUT2D eigenvalue weighted by molar-refractivity contribution is 5.90. The lowest BCUT2D eigenvalue weighted by atomic mass is 10.0. The van der Waals surface area contributed by atoms with Gasteiger partial charge < -0.3 is 10.2 Å². The van der Waals surface area contributed by atoms with Gasteiger partial charge in [0, 0.05) is 25.6 Å². The van der Waals surface area contributed by atoms with Crippen molar-refractivity contribution in [3.63, 3.8) is 0 Å². The smallest absolute Gasteiger partial charge is 0.291 e. The molecule has 0 spiro atoms. The van der Waals surface area contributed by atoms with Gasteiger partial charge in [0.25, 0.3) is 5.91 Å². The second-order valence-electron chi connectivity index (χ2n) is 5.45. The molecular weight excluding hydrogens is 254 g/mol. The van der Waals surface area contributed by atoms with Crippen molar-refractivity contribution in [3.05, 3.63) is 11.6 Å². The molecular formula is C14H25N5O. The van der Waals surface area contributed by atoms with Crippen molar-refractivity contribution in [1.82, 2.24) is 25.4 Å². The van der Waals surface area contributed by atoms with E-state index in [1.165, 1.54) is 6.42 Å². The zero-order chi connectivity index (χ0) is 14.4. The number of aromatic nitrogens is 3. The SMILES string of the molecule is CCCc1nc(C(=O)NC2CCN(CCC)CC2)n[nH]1. The molecule has 1 aromatic rings. The van der Waals surface area contributed by atoms with Gasteiger partial charge in [-0.1, -0.05) is 13.8 Å². The number of amides is 1. The molecule has 2 N–H and O–H groups in total. The predicted octanol–water partition coefficient (Wildman–Crippen LogP) is 1.36. The number of aromatic amines is 1. The summed E-state index contributed by atoms with van der Waals surface area (Å²) >= 11 is 0. The van der Waals surface area contributed by atoms with Crippen LogP contribution < -0.4 is 5.32 Å². The van der Waals surface area contributed by atoms with E-state index < -0.39 is 0 Å². The Bertz CT molecular complexity index is 423. The van der Waals surface area contributed by atoms with Crippen molar-refractivity contribution < 1.29 is 4.79 Å². The Hall–Kier alpha value is -1.43. The number of hydrogen-bond donors (Lipinski definition) is 2. The lowest BCUT2D eigenvalue weighted by Crippen LogP contribution is -2.45. The summed E-state index contributed by atoms with van der Waals surface area (Å²) in [7, 11) is 0. The van der Waals surface area contributed by atoms with Crippen molar-refractivity contribution in [3.8, 4) is 0 Å². The number of nitrogens with one attached hydrogen (secondary N) is 2. The molecule has 0 saturated carbocycles. The second-order valence-corrected chi connectivity index (χ2v) is 5.45. The maximum atomic E-state index is 12.1. The summed E-state index contributed by atoms with van der Waals surface area (Å²) in [5, 5.41) is 9.85. The molecule has 0 unspecified atom stereocenters. The highest BCUT2D eigenvalue weighted by Crippen LogP contribution is 2.11. The van der Waals surface area contributed by atoms with Crippen LogP contribution in [0.5, 0.6) is 0 Å². The van der Waals surface area contributed by atoms with Crippen LogP contribution in [0.4, 0.5) is 0 Å². The highest BCUT2D eigenvalue weighted by atomic mass is 16.2. The van der Waals surface area contributed by atoms with E-state index in [0.717, 1.165) is 51.1 Å². The Morgan fingerprint density at radius 2 is 2.10 bits per heavy atom. The van der Waals surface area contributed by atoms with E-state index >= 15 is 0 Å². The van der Waals surface area contributed by atoms with Gasteiger partial charge in [-0.25, -0.2) is 4.98 Å². The summed E-state index contributed by atoms with van der Waals surface area (Å²) in [5.41, 5.74) is 0. The van der Waals surface area contributed by atoms with Gasteiger partial charge in [0.1, 0.15) is 5.82 Å². The summed E-state index contributed by atoms with van der Waals surface area (Å²) in [4.78, 5) is 18.7. The van der Waals surface area contributed by atoms with Crippen molar-refractivity contribution in [2.75, 3.05) is 19.6 Å². The molecule has 2 heterocycles. The molecule has 0 radical (unpaired) electrons. The molecule has 6 heteroatoms. The fourth-order valence-corrected chi connectivity index (χ4v) is 2.61. The van der Waals surface area contributed by atoms with Crippen LogP contribution in [0.25, 0.3) is 0 Å². The number of aryl methyl sites for hydroxylation is 1. The van der Waals surface area contributed by atoms with Gasteiger partial charge in [0.2, 0.25) is 5.82 Å². The number of nitrogens with zero attached hydrogens (tertiary/aromatic N) is 3. The van der Waals surface area contributed by atoms with Gasteiger partial charge in [-0.3, -0.25) is 9.89 Å². The first-order chi connectivity index (χ1) is 9.72. The number of likely N-dealkylation sites (tertiary alicyclic amines) is 1. The average Bonchev–Trinajstić information content (AvgIpc) is 2.90. The van der Waals surface area contributed by atoms with Gasteiger partial charge in [0.15, 0.2) is 0 Å². The molecule has 1 aromatic heterocycles. The van der Waals surface area contributed by atoms with Crippen molar-refractivity contribution in [2.24, 2.45) is 0 Å². The maximum absolute atomic E-state index is 12.1. The number of rotatable bonds is 6. The minimum Gasteiger partial charge on any atom is -0.346 e. The molecule has 1 aliphatic heterocycles. The van der Waals surface area contributed by atoms with Crippen molar-refractivity contribution in [2.45, 2.75) is 52.0 Å². The van der Waals surface area contributed by atoms with Gasteiger partial charge in [0.05, 0.1) is 0 Å². The summed E-state index contributed by atoms with van der Waals surface area (Å²) in [6.45, 7) is 7.56. The third kappa shape index (κ3) is 4.03. The van der Waals surface area contributed by atoms with Crippen molar-refractivity contribution in [1.29, 1.82) is 0 Å². The van der Waals surface area contributed by atoms with Gasteiger partial charge in [-0.05, 0) is 32.2 Å². The summed E-state index contributed by atoms with van der Waals surface area (Å²) in [6, 6.07) is 0.253. The maximum Gasteiger partial charge on any atom is 0.291 e. The number of carbonyl (C=O) groups is 1. The molecule has 1 aliphatic rings. The van der Waals surface area contributed by atoms with Crippen LogP contribution >= 0.6 is 0 Å². The number of piperidine rings is 1. The van der Waals surface area contributed by atoms with Gasteiger partial charge >= 0.3 is 0 Å². The van der Waals surface area contributed by atoms with E-state index in [1.807, 2.05) is 0 Å². The fraction of sp³-hybridized carbons (Fsp3) is 0.786. The van der Waals surface area contributed by atoms with Crippen LogP contribution in [0.15, 0.2) is 0 Å². The van der Waals surface area contributed by atoms with Crippen LogP contribution in [0.1, 0.15) is 56.0 Å². The minimum absolute atomic E-state index is 0.155. The molecule has 1 amide bonds. The Morgan fingerprint density at radius 1 is 1.35 bits per heavy atom. The first-order valence-corrected chi connectivity index (χ1v) is 7.67. The Kier molecular flexibility index (Phi) is 5.52. The van der Waals surface area contributed by atoms with E-state index in [9.17, 15) is 4.79 Å². The molecule has 6 nitrogen and oxygen atoms in total. The topological polar surface area (TPSA) is 73.9 Å². The van der Waals surface area contributed by atoms with Crippen LogP contribution in [-0.2, 0) is 6.42 Å². The standard InChI is InChI=1S/C14H25N5O/c1-3-5-12-16-13(18-17-12)14(20)15-11-6-9-19(8-4-2)10-7-11/h11H,3-10H2,1-2H3,(H,15,20)(H,16,17,18). The lowest BCUT2D eigenvalue weighted by Gasteiger charge is -2.31. The van der Waals surface area contributed by atoms with Crippen LogP contribution in [-0.4, -0.2) is 51.7 Å². The van der Waals surface area contributed by atoms with Crippen LogP contribution in [0, 0.1) is 0 Å². The second kappa shape index (κ2) is 7.38. The lowest BCUT2D eigenvalue weighted by molar-refractivity contribution is 0.0901. The van der Waals surface area contributed by atoms with Gasteiger partial charge in [-0.15, -0.1) is 5.10 Å². The minimum atomic E-state index is -0.155. The highest BCUT2D eigenvalue weighted by Gasteiger charge is 2.22. The zero-order valence-corrected chi connectivity index (χ0v) is 12.5. The zero-order valence-electron chi connectivity index (χ0n) is 12.5. The first kappa shape index (κ1) is 15.0. The Labute approximate surface area is 120 Å². The van der Waals surface area contributed by atoms with Crippen LogP contribution in [0.2, 0.25) is 0 Å². The fourth-order valence-electron chi connectivity index (χ4n) is 2.61.